The molecule has 2 amide bonds. The van der Waals surface area contributed by atoms with Crippen LogP contribution in [-0.2, 0) is 9.59 Å². The van der Waals surface area contributed by atoms with Gasteiger partial charge in [0.1, 0.15) is 5.75 Å². The molecule has 0 radical (unpaired) electrons. The van der Waals surface area contributed by atoms with Gasteiger partial charge in [-0.25, -0.2) is 4.79 Å². The van der Waals surface area contributed by atoms with E-state index in [0.29, 0.717) is 30.0 Å². The lowest BCUT2D eigenvalue weighted by Crippen LogP contribution is -2.23. The van der Waals surface area contributed by atoms with Gasteiger partial charge in [0.2, 0.25) is 11.8 Å². The minimum atomic E-state index is -0.480. The van der Waals surface area contributed by atoms with E-state index in [9.17, 15) is 14.4 Å². The summed E-state index contributed by atoms with van der Waals surface area (Å²) in [6.07, 6.45) is 1.43. The third-order valence-corrected chi connectivity index (χ3v) is 3.87. The van der Waals surface area contributed by atoms with Crippen LogP contribution in [0, 0.1) is 0 Å². The van der Waals surface area contributed by atoms with Gasteiger partial charge in [-0.2, -0.15) is 0 Å². The largest absolute Gasteiger partial charge is 0.423 e. The summed E-state index contributed by atoms with van der Waals surface area (Å²) < 4.78 is 5.31. The van der Waals surface area contributed by atoms with E-state index in [1.165, 1.54) is 6.92 Å². The summed E-state index contributed by atoms with van der Waals surface area (Å²) in [5.41, 5.74) is 1.83. The van der Waals surface area contributed by atoms with Crippen LogP contribution in [0.15, 0.2) is 48.5 Å². The average Bonchev–Trinajstić information content (AvgIpc) is 3.02. The fraction of sp³-hybridized carbons (Fsp3) is 0.211. The van der Waals surface area contributed by atoms with E-state index < -0.39 is 5.97 Å². The van der Waals surface area contributed by atoms with Crippen molar-refractivity contribution in [1.29, 1.82) is 0 Å². The van der Waals surface area contributed by atoms with Crippen LogP contribution in [0.1, 0.15) is 30.1 Å². The molecule has 1 aliphatic rings. The molecule has 1 fully saturated rings. The number of carbonyl (C=O) groups is 3. The van der Waals surface area contributed by atoms with Crippen molar-refractivity contribution in [1.82, 2.24) is 0 Å². The number of nitrogens with one attached hydrogen (secondary N) is 1. The Hall–Kier alpha value is -3.15. The number of hydrogen-bond donors (Lipinski definition) is 1. The van der Waals surface area contributed by atoms with Gasteiger partial charge >= 0.3 is 5.97 Å². The molecule has 0 saturated carbocycles. The van der Waals surface area contributed by atoms with Crippen molar-refractivity contribution >= 4 is 29.2 Å². The molecule has 0 unspecified atom stereocenters. The highest BCUT2D eigenvalue weighted by molar-refractivity contribution is 5.96. The number of rotatable bonds is 4. The highest BCUT2D eigenvalue weighted by Crippen LogP contribution is 2.22. The number of nitrogens with zero attached hydrogens (tertiary/aromatic N) is 1. The molecule has 2 aromatic carbocycles. The zero-order valence-corrected chi connectivity index (χ0v) is 13.8. The minimum Gasteiger partial charge on any atom is -0.423 e. The first-order valence-corrected chi connectivity index (χ1v) is 8.03. The Kier molecular flexibility index (Phi) is 4.79. The predicted octanol–water partition coefficient (Wildman–Crippen LogP) is 2.99. The number of esters is 1. The lowest BCUT2D eigenvalue weighted by Gasteiger charge is -2.15. The molecule has 0 atom stereocenters. The Morgan fingerprint density at radius 1 is 1.04 bits per heavy atom. The van der Waals surface area contributed by atoms with Gasteiger partial charge in [-0.1, -0.05) is 0 Å². The normalized spacial score (nSPS) is 13.6. The number of anilines is 2. The summed E-state index contributed by atoms with van der Waals surface area (Å²) in [6.45, 7) is 2.14. The van der Waals surface area contributed by atoms with Crippen LogP contribution < -0.4 is 15.0 Å². The fourth-order valence-corrected chi connectivity index (χ4v) is 2.67. The monoisotopic (exact) mass is 338 g/mol. The zero-order valence-electron chi connectivity index (χ0n) is 13.8. The maximum atomic E-state index is 12.2. The highest BCUT2D eigenvalue weighted by Gasteiger charge is 2.21. The Morgan fingerprint density at radius 2 is 1.72 bits per heavy atom. The van der Waals surface area contributed by atoms with Crippen LogP contribution in [0.4, 0.5) is 11.4 Å². The Labute approximate surface area is 145 Å². The van der Waals surface area contributed by atoms with Crippen LogP contribution in [0.25, 0.3) is 0 Å². The van der Waals surface area contributed by atoms with Crippen molar-refractivity contribution in [2.24, 2.45) is 0 Å². The molecule has 2 aromatic rings. The molecule has 0 spiro atoms. The van der Waals surface area contributed by atoms with Crippen LogP contribution >= 0.6 is 0 Å². The zero-order chi connectivity index (χ0) is 17.8. The second-order valence-electron chi connectivity index (χ2n) is 5.79. The van der Waals surface area contributed by atoms with E-state index in [2.05, 4.69) is 5.32 Å². The highest BCUT2D eigenvalue weighted by atomic mass is 16.5. The van der Waals surface area contributed by atoms with Gasteiger partial charge in [0.15, 0.2) is 0 Å². The molecule has 128 valence electrons. The fourth-order valence-electron chi connectivity index (χ4n) is 2.67. The van der Waals surface area contributed by atoms with E-state index >= 15 is 0 Å². The Morgan fingerprint density at radius 3 is 2.28 bits per heavy atom. The van der Waals surface area contributed by atoms with Gasteiger partial charge in [-0.3, -0.25) is 9.59 Å². The summed E-state index contributed by atoms with van der Waals surface area (Å²) in [5, 5.41) is 2.64. The molecule has 0 bridgehead atoms. The smallest absolute Gasteiger partial charge is 0.343 e. The second kappa shape index (κ2) is 7.17. The van der Waals surface area contributed by atoms with E-state index in [4.69, 9.17) is 4.74 Å². The lowest BCUT2D eigenvalue weighted by atomic mass is 10.2. The van der Waals surface area contributed by atoms with E-state index in [1.807, 2.05) is 0 Å². The number of hydrogen-bond acceptors (Lipinski definition) is 4. The quantitative estimate of drug-likeness (QED) is 0.687. The van der Waals surface area contributed by atoms with Crippen molar-refractivity contribution in [3.8, 4) is 5.75 Å². The lowest BCUT2D eigenvalue weighted by molar-refractivity contribution is -0.117. The average molecular weight is 338 g/mol. The standard InChI is InChI=1S/C19H18N2O4/c1-13(22)20-15-6-10-17(11-7-15)25-19(24)14-4-8-16(9-5-14)21-12-2-3-18(21)23/h4-11H,2-3,12H2,1H3,(H,20,22). The summed E-state index contributed by atoms with van der Waals surface area (Å²) in [7, 11) is 0. The molecular formula is C19H18N2O4. The summed E-state index contributed by atoms with van der Waals surface area (Å²) >= 11 is 0. The Bertz CT molecular complexity index is 797. The van der Waals surface area contributed by atoms with Crippen molar-refractivity contribution in [3.63, 3.8) is 0 Å². The third kappa shape index (κ3) is 4.03. The molecule has 6 nitrogen and oxygen atoms in total. The van der Waals surface area contributed by atoms with Gasteiger partial charge in [-0.05, 0) is 55.0 Å². The SMILES string of the molecule is CC(=O)Nc1ccc(OC(=O)c2ccc(N3CCCC3=O)cc2)cc1. The topological polar surface area (TPSA) is 75.7 Å². The molecule has 25 heavy (non-hydrogen) atoms. The van der Waals surface area contributed by atoms with Gasteiger partial charge in [0.25, 0.3) is 0 Å². The van der Waals surface area contributed by atoms with Crippen molar-refractivity contribution in [2.75, 3.05) is 16.8 Å². The summed E-state index contributed by atoms with van der Waals surface area (Å²) in [6, 6.07) is 13.3. The number of benzene rings is 2. The maximum Gasteiger partial charge on any atom is 0.343 e. The molecule has 1 saturated heterocycles. The second-order valence-corrected chi connectivity index (χ2v) is 5.79. The van der Waals surface area contributed by atoms with E-state index in [1.54, 1.807) is 53.4 Å². The first-order valence-electron chi connectivity index (χ1n) is 8.03. The molecule has 0 aliphatic carbocycles. The molecular weight excluding hydrogens is 320 g/mol. The van der Waals surface area contributed by atoms with Crippen molar-refractivity contribution in [2.45, 2.75) is 19.8 Å². The first-order chi connectivity index (χ1) is 12.0. The molecule has 1 N–H and O–H groups in total. The number of ether oxygens (including phenoxy) is 1. The first kappa shape index (κ1) is 16.7. The number of amides is 2. The molecule has 1 heterocycles. The third-order valence-electron chi connectivity index (χ3n) is 3.87. The Balaban J connectivity index is 1.64. The van der Waals surface area contributed by atoms with E-state index in [-0.39, 0.29) is 11.8 Å². The van der Waals surface area contributed by atoms with Gasteiger partial charge in [0, 0.05) is 31.3 Å². The predicted molar refractivity (Wildman–Crippen MR) is 93.7 cm³/mol. The van der Waals surface area contributed by atoms with Crippen molar-refractivity contribution in [3.05, 3.63) is 54.1 Å². The van der Waals surface area contributed by atoms with Gasteiger partial charge in [0.05, 0.1) is 5.56 Å². The van der Waals surface area contributed by atoms with Crippen molar-refractivity contribution < 1.29 is 19.1 Å². The molecule has 6 heteroatoms. The summed E-state index contributed by atoms with van der Waals surface area (Å²) in [4.78, 5) is 36.6. The maximum absolute atomic E-state index is 12.2. The van der Waals surface area contributed by atoms with Crippen LogP contribution in [-0.4, -0.2) is 24.3 Å². The molecule has 3 rings (SSSR count). The molecule has 0 aromatic heterocycles. The van der Waals surface area contributed by atoms with Crippen LogP contribution in [0.2, 0.25) is 0 Å². The van der Waals surface area contributed by atoms with Crippen LogP contribution in [0.5, 0.6) is 5.75 Å². The van der Waals surface area contributed by atoms with Gasteiger partial charge < -0.3 is 15.0 Å². The van der Waals surface area contributed by atoms with Crippen LogP contribution in [0.3, 0.4) is 0 Å². The number of carbonyl (C=O) groups excluding carboxylic acids is 3. The molecule has 1 aliphatic heterocycles. The summed E-state index contributed by atoms with van der Waals surface area (Å²) in [5.74, 6) is -0.152. The van der Waals surface area contributed by atoms with E-state index in [0.717, 1.165) is 12.1 Å². The minimum absolute atomic E-state index is 0.106. The van der Waals surface area contributed by atoms with Gasteiger partial charge in [-0.15, -0.1) is 0 Å².